The zero-order valence-electron chi connectivity index (χ0n) is 10.1. The van der Waals surface area contributed by atoms with Gasteiger partial charge in [-0.2, -0.15) is 0 Å². The van der Waals surface area contributed by atoms with E-state index >= 15 is 0 Å². The van der Waals surface area contributed by atoms with Crippen LogP contribution in [0, 0.1) is 5.41 Å². The molecule has 86 valence electrons. The van der Waals surface area contributed by atoms with Gasteiger partial charge in [-0.3, -0.25) is 4.99 Å². The maximum absolute atomic E-state index is 6.92. The first-order chi connectivity index (χ1) is 7.61. The lowest BCUT2D eigenvalue weighted by Gasteiger charge is -2.10. The fourth-order valence-corrected chi connectivity index (χ4v) is 0.758. The first-order valence-corrected chi connectivity index (χ1v) is 4.99. The number of hydrogen-bond acceptors (Lipinski definition) is 3. The van der Waals surface area contributed by atoms with Gasteiger partial charge in [0.25, 0.3) is 0 Å². The van der Waals surface area contributed by atoms with Crippen LogP contribution in [0.15, 0.2) is 53.3 Å². The largest absolute Gasteiger partial charge is 0.380 e. The molecule has 0 aliphatic carbocycles. The van der Waals surface area contributed by atoms with Crippen LogP contribution in [-0.2, 0) is 0 Å². The summed E-state index contributed by atoms with van der Waals surface area (Å²) in [6.07, 6.45) is 11.7. The predicted molar refractivity (Wildman–Crippen MR) is 72.1 cm³/mol. The van der Waals surface area contributed by atoms with E-state index in [0.717, 1.165) is 11.3 Å². The number of aliphatic imine (C=N–C) groups is 1. The molecule has 0 spiro atoms. The van der Waals surface area contributed by atoms with Crippen LogP contribution in [-0.4, -0.2) is 31.4 Å². The lowest BCUT2D eigenvalue weighted by atomic mass is 10.2. The Labute approximate surface area is 97.7 Å². The van der Waals surface area contributed by atoms with Gasteiger partial charge in [0.1, 0.15) is 0 Å². The molecule has 3 nitrogen and oxygen atoms in total. The molecule has 0 aliphatic rings. The SMILES string of the molecule is C=CC(/C=C/C=N\C=C(/C)N(C)C)=C\C=N. The number of nitrogens with one attached hydrogen (secondary N) is 1. The zero-order valence-corrected chi connectivity index (χ0v) is 10.1. The molecule has 0 aliphatic heterocycles. The highest BCUT2D eigenvalue weighted by molar-refractivity contribution is 5.75. The van der Waals surface area contributed by atoms with Gasteiger partial charge in [0, 0.05) is 38.4 Å². The van der Waals surface area contributed by atoms with Crippen molar-refractivity contribution in [1.29, 1.82) is 5.41 Å². The van der Waals surface area contributed by atoms with Crippen molar-refractivity contribution in [3.8, 4) is 0 Å². The third kappa shape index (κ3) is 6.54. The number of hydrogen-bond donors (Lipinski definition) is 1. The topological polar surface area (TPSA) is 39.5 Å². The second-order valence-corrected chi connectivity index (χ2v) is 3.36. The zero-order chi connectivity index (χ0) is 12.4. The minimum atomic E-state index is 0.884. The van der Waals surface area contributed by atoms with Gasteiger partial charge >= 0.3 is 0 Å². The molecule has 0 fully saturated rings. The molecular weight excluding hydrogens is 198 g/mol. The summed E-state index contributed by atoms with van der Waals surface area (Å²) in [5.41, 5.74) is 1.97. The maximum Gasteiger partial charge on any atom is 0.0456 e. The monoisotopic (exact) mass is 217 g/mol. The molecule has 3 heteroatoms. The highest BCUT2D eigenvalue weighted by Crippen LogP contribution is 1.97. The molecule has 0 radical (unpaired) electrons. The smallest absolute Gasteiger partial charge is 0.0456 e. The summed E-state index contributed by atoms with van der Waals surface area (Å²) < 4.78 is 0. The fraction of sp³-hybridized carbons (Fsp3) is 0.231. The van der Waals surface area contributed by atoms with Crippen molar-refractivity contribution in [1.82, 2.24) is 4.90 Å². The molecule has 0 bridgehead atoms. The third-order valence-electron chi connectivity index (χ3n) is 1.94. The highest BCUT2D eigenvalue weighted by atomic mass is 15.1. The lowest BCUT2D eigenvalue weighted by Crippen LogP contribution is -2.07. The second kappa shape index (κ2) is 8.41. The van der Waals surface area contributed by atoms with Crippen molar-refractivity contribution in [3.05, 3.63) is 48.4 Å². The van der Waals surface area contributed by atoms with E-state index in [0.29, 0.717) is 0 Å². The van der Waals surface area contributed by atoms with Crippen LogP contribution in [0.4, 0.5) is 0 Å². The molecule has 0 amide bonds. The number of nitrogens with zero attached hydrogens (tertiary/aromatic N) is 2. The first-order valence-electron chi connectivity index (χ1n) is 4.99. The summed E-state index contributed by atoms with van der Waals surface area (Å²) in [6, 6.07) is 0. The van der Waals surface area contributed by atoms with Crippen molar-refractivity contribution >= 4 is 12.4 Å². The van der Waals surface area contributed by atoms with E-state index in [-0.39, 0.29) is 0 Å². The van der Waals surface area contributed by atoms with Crippen molar-refractivity contribution < 1.29 is 0 Å². The Bertz CT molecular complexity index is 344. The van der Waals surface area contributed by atoms with E-state index in [1.54, 1.807) is 24.6 Å². The predicted octanol–water partition coefficient (Wildman–Crippen LogP) is 2.80. The van der Waals surface area contributed by atoms with Crippen molar-refractivity contribution in [3.63, 3.8) is 0 Å². The standard InChI is InChI=1S/C13H19N3/c1-5-13(8-9-14)7-6-10-15-11-12(2)16(3)4/h5-11,14H,1H2,2-4H3/b7-6+,12-11+,13-8+,14-9?,15-10-. The fourth-order valence-electron chi connectivity index (χ4n) is 0.758. The molecule has 0 rings (SSSR count). The van der Waals surface area contributed by atoms with E-state index in [1.165, 1.54) is 6.21 Å². The van der Waals surface area contributed by atoms with Gasteiger partial charge in [-0.25, -0.2) is 0 Å². The minimum absolute atomic E-state index is 0.884. The third-order valence-corrected chi connectivity index (χ3v) is 1.94. The van der Waals surface area contributed by atoms with E-state index in [1.807, 2.05) is 38.1 Å². The van der Waals surface area contributed by atoms with E-state index in [4.69, 9.17) is 5.41 Å². The highest BCUT2D eigenvalue weighted by Gasteiger charge is 1.86. The van der Waals surface area contributed by atoms with E-state index in [2.05, 4.69) is 11.6 Å². The summed E-state index contributed by atoms with van der Waals surface area (Å²) in [6.45, 7) is 5.64. The molecule has 0 saturated heterocycles. The average Bonchev–Trinajstić information content (AvgIpc) is 2.26. The van der Waals surface area contributed by atoms with Crippen LogP contribution < -0.4 is 0 Å². The molecule has 0 heterocycles. The second-order valence-electron chi connectivity index (χ2n) is 3.36. The van der Waals surface area contributed by atoms with Crippen LogP contribution in [0.25, 0.3) is 0 Å². The van der Waals surface area contributed by atoms with Gasteiger partial charge in [-0.1, -0.05) is 18.7 Å². The normalized spacial score (nSPS) is 13.4. The molecule has 0 saturated carbocycles. The van der Waals surface area contributed by atoms with Gasteiger partial charge in [0.2, 0.25) is 0 Å². The van der Waals surface area contributed by atoms with Crippen LogP contribution in [0.2, 0.25) is 0 Å². The summed E-state index contributed by atoms with van der Waals surface area (Å²) in [7, 11) is 3.94. The Hall–Kier alpha value is -1.90. The Kier molecular flexibility index (Phi) is 7.41. The van der Waals surface area contributed by atoms with Gasteiger partial charge in [-0.15, -0.1) is 0 Å². The number of rotatable bonds is 6. The lowest BCUT2D eigenvalue weighted by molar-refractivity contribution is 0.512. The van der Waals surface area contributed by atoms with Gasteiger partial charge in [-0.05, 0) is 24.6 Å². The van der Waals surface area contributed by atoms with Crippen LogP contribution in [0.5, 0.6) is 0 Å². The van der Waals surface area contributed by atoms with E-state index in [9.17, 15) is 0 Å². The molecule has 0 unspecified atom stereocenters. The summed E-state index contributed by atoms with van der Waals surface area (Å²) in [5.74, 6) is 0. The molecule has 0 atom stereocenters. The minimum Gasteiger partial charge on any atom is -0.380 e. The van der Waals surface area contributed by atoms with E-state index < -0.39 is 0 Å². The van der Waals surface area contributed by atoms with Crippen LogP contribution in [0.3, 0.4) is 0 Å². The number of allylic oxidation sites excluding steroid dienone is 6. The van der Waals surface area contributed by atoms with Gasteiger partial charge in [0.15, 0.2) is 0 Å². The van der Waals surface area contributed by atoms with Gasteiger partial charge in [0.05, 0.1) is 0 Å². The molecule has 0 aromatic carbocycles. The van der Waals surface area contributed by atoms with Crippen LogP contribution >= 0.6 is 0 Å². The molecular formula is C13H19N3. The first kappa shape index (κ1) is 14.1. The maximum atomic E-state index is 6.92. The average molecular weight is 217 g/mol. The summed E-state index contributed by atoms with van der Waals surface area (Å²) in [5, 5.41) is 6.92. The van der Waals surface area contributed by atoms with Crippen molar-refractivity contribution in [2.45, 2.75) is 6.92 Å². The summed E-state index contributed by atoms with van der Waals surface area (Å²) in [4.78, 5) is 6.12. The van der Waals surface area contributed by atoms with Crippen LogP contribution in [0.1, 0.15) is 6.92 Å². The van der Waals surface area contributed by atoms with Crippen molar-refractivity contribution in [2.75, 3.05) is 14.1 Å². The van der Waals surface area contributed by atoms with Gasteiger partial charge < -0.3 is 10.3 Å². The molecule has 0 aromatic rings. The Morgan fingerprint density at radius 2 is 2.06 bits per heavy atom. The summed E-state index contributed by atoms with van der Waals surface area (Å²) >= 11 is 0. The Morgan fingerprint density at radius 1 is 1.38 bits per heavy atom. The Morgan fingerprint density at radius 3 is 2.56 bits per heavy atom. The van der Waals surface area contributed by atoms with Crippen molar-refractivity contribution in [2.24, 2.45) is 4.99 Å². The Balaban J connectivity index is 4.34. The molecule has 1 N–H and O–H groups in total. The molecule has 16 heavy (non-hydrogen) atoms. The molecule has 0 aromatic heterocycles. The quantitative estimate of drug-likeness (QED) is 0.539.